The smallest absolute Gasteiger partial charge is 0.231 e. The van der Waals surface area contributed by atoms with E-state index in [4.69, 9.17) is 9.47 Å². The molecule has 0 saturated carbocycles. The number of anilines is 1. The van der Waals surface area contributed by atoms with Crippen LogP contribution in [0.3, 0.4) is 0 Å². The maximum absolute atomic E-state index is 11.3. The van der Waals surface area contributed by atoms with Crippen molar-refractivity contribution in [3.63, 3.8) is 0 Å². The lowest BCUT2D eigenvalue weighted by Crippen LogP contribution is -2.21. The Morgan fingerprint density at radius 2 is 2.18 bits per heavy atom. The van der Waals surface area contributed by atoms with Crippen LogP contribution in [0.4, 0.5) is 5.69 Å². The number of ketones is 1. The number of Topliss-reactive ketones (excluding diaryl/α,β-unsaturated/α-hetero) is 1. The third-order valence-corrected chi connectivity index (χ3v) is 3.48. The minimum absolute atomic E-state index is 0.181. The van der Waals surface area contributed by atoms with Gasteiger partial charge in [-0.2, -0.15) is 0 Å². The van der Waals surface area contributed by atoms with E-state index in [9.17, 15) is 4.79 Å². The molecule has 1 atom stereocenters. The summed E-state index contributed by atoms with van der Waals surface area (Å²) in [5.74, 6) is 2.07. The molecular formula is C13H15NO3. The summed E-state index contributed by atoms with van der Waals surface area (Å²) in [6, 6.07) is 5.94. The van der Waals surface area contributed by atoms with Crippen molar-refractivity contribution in [3.8, 4) is 11.5 Å². The fourth-order valence-corrected chi connectivity index (χ4v) is 2.41. The summed E-state index contributed by atoms with van der Waals surface area (Å²) in [5, 5.41) is 0. The van der Waals surface area contributed by atoms with Crippen LogP contribution >= 0.6 is 0 Å². The van der Waals surface area contributed by atoms with Crippen molar-refractivity contribution in [3.05, 3.63) is 18.2 Å². The van der Waals surface area contributed by atoms with E-state index in [1.54, 1.807) is 6.92 Å². The molecule has 3 rings (SSSR count). The molecule has 0 bridgehead atoms. The Balaban J connectivity index is 1.79. The topological polar surface area (TPSA) is 38.8 Å². The summed E-state index contributed by atoms with van der Waals surface area (Å²) >= 11 is 0. The highest BCUT2D eigenvalue weighted by molar-refractivity contribution is 5.79. The van der Waals surface area contributed by atoms with Crippen LogP contribution < -0.4 is 14.4 Å². The molecule has 2 heterocycles. The van der Waals surface area contributed by atoms with Crippen molar-refractivity contribution in [2.24, 2.45) is 5.92 Å². The van der Waals surface area contributed by atoms with E-state index in [1.165, 1.54) is 0 Å². The Hall–Kier alpha value is -1.71. The maximum atomic E-state index is 11.3. The molecule has 0 amide bonds. The van der Waals surface area contributed by atoms with Crippen LogP contribution in [-0.2, 0) is 4.79 Å². The predicted octanol–water partition coefficient (Wildman–Crippen LogP) is 1.83. The first kappa shape index (κ1) is 10.4. The predicted molar refractivity (Wildman–Crippen MR) is 63.6 cm³/mol. The average molecular weight is 233 g/mol. The largest absolute Gasteiger partial charge is 0.454 e. The van der Waals surface area contributed by atoms with Gasteiger partial charge in [0.25, 0.3) is 0 Å². The Morgan fingerprint density at radius 3 is 2.94 bits per heavy atom. The van der Waals surface area contributed by atoms with Crippen molar-refractivity contribution in [1.29, 1.82) is 0 Å². The van der Waals surface area contributed by atoms with E-state index in [1.807, 2.05) is 18.2 Å². The van der Waals surface area contributed by atoms with Crippen molar-refractivity contribution in [2.45, 2.75) is 13.3 Å². The first-order valence-corrected chi connectivity index (χ1v) is 5.89. The zero-order chi connectivity index (χ0) is 11.8. The quantitative estimate of drug-likeness (QED) is 0.781. The first-order valence-electron chi connectivity index (χ1n) is 5.89. The van der Waals surface area contributed by atoms with Gasteiger partial charge in [-0.3, -0.25) is 4.79 Å². The molecule has 4 heteroatoms. The summed E-state index contributed by atoms with van der Waals surface area (Å²) in [4.78, 5) is 13.6. The highest BCUT2D eigenvalue weighted by atomic mass is 16.7. The minimum atomic E-state index is 0.181. The van der Waals surface area contributed by atoms with E-state index < -0.39 is 0 Å². The van der Waals surface area contributed by atoms with Crippen molar-refractivity contribution < 1.29 is 14.3 Å². The molecule has 0 aromatic heterocycles. The standard InChI is InChI=1S/C13H15NO3/c1-9(15)10-4-5-14(7-10)11-2-3-12-13(6-11)17-8-16-12/h2-3,6,10H,4-5,7-8H2,1H3. The second kappa shape index (κ2) is 3.95. The van der Waals surface area contributed by atoms with Crippen LogP contribution in [0.5, 0.6) is 11.5 Å². The molecule has 0 N–H and O–H groups in total. The van der Waals surface area contributed by atoms with Gasteiger partial charge in [0.2, 0.25) is 6.79 Å². The van der Waals surface area contributed by atoms with Crippen molar-refractivity contribution >= 4 is 11.5 Å². The molecule has 1 fully saturated rings. The fourth-order valence-electron chi connectivity index (χ4n) is 2.41. The van der Waals surface area contributed by atoms with E-state index in [-0.39, 0.29) is 11.7 Å². The lowest BCUT2D eigenvalue weighted by molar-refractivity contribution is -0.120. The van der Waals surface area contributed by atoms with Crippen molar-refractivity contribution in [1.82, 2.24) is 0 Å². The molecule has 0 radical (unpaired) electrons. The summed E-state index contributed by atoms with van der Waals surface area (Å²) in [7, 11) is 0. The molecule has 1 saturated heterocycles. The van der Waals surface area contributed by atoms with E-state index in [0.29, 0.717) is 6.79 Å². The number of rotatable bonds is 2. The van der Waals surface area contributed by atoms with Gasteiger partial charge in [-0.05, 0) is 25.5 Å². The first-order chi connectivity index (χ1) is 8.24. The zero-order valence-corrected chi connectivity index (χ0v) is 9.81. The second-order valence-corrected chi connectivity index (χ2v) is 4.58. The normalized spacial score (nSPS) is 21.9. The summed E-state index contributed by atoms with van der Waals surface area (Å²) in [6.45, 7) is 3.72. The molecule has 0 spiro atoms. The molecule has 1 unspecified atom stereocenters. The number of hydrogen-bond acceptors (Lipinski definition) is 4. The number of fused-ring (bicyclic) bond motifs is 1. The van der Waals surface area contributed by atoms with Crippen LogP contribution in [0, 0.1) is 5.92 Å². The molecule has 4 nitrogen and oxygen atoms in total. The zero-order valence-electron chi connectivity index (χ0n) is 9.81. The number of carbonyl (C=O) groups is 1. The lowest BCUT2D eigenvalue weighted by atomic mass is 10.1. The van der Waals surface area contributed by atoms with Gasteiger partial charge in [-0.25, -0.2) is 0 Å². The second-order valence-electron chi connectivity index (χ2n) is 4.58. The molecule has 0 aliphatic carbocycles. The van der Waals surface area contributed by atoms with Gasteiger partial charge < -0.3 is 14.4 Å². The van der Waals surface area contributed by atoms with Crippen LogP contribution in [0.25, 0.3) is 0 Å². The molecular weight excluding hydrogens is 218 g/mol. The Kier molecular flexibility index (Phi) is 2.42. The fraction of sp³-hybridized carbons (Fsp3) is 0.462. The van der Waals surface area contributed by atoms with Crippen LogP contribution in [0.15, 0.2) is 18.2 Å². The number of nitrogens with zero attached hydrogens (tertiary/aromatic N) is 1. The molecule has 2 aliphatic heterocycles. The average Bonchev–Trinajstić information content (AvgIpc) is 2.97. The summed E-state index contributed by atoms with van der Waals surface area (Å²) in [5.41, 5.74) is 1.11. The minimum Gasteiger partial charge on any atom is -0.454 e. The van der Waals surface area contributed by atoms with Crippen LogP contribution in [0.1, 0.15) is 13.3 Å². The van der Waals surface area contributed by atoms with Gasteiger partial charge in [0.05, 0.1) is 0 Å². The maximum Gasteiger partial charge on any atom is 0.231 e. The van der Waals surface area contributed by atoms with E-state index in [0.717, 1.165) is 36.7 Å². The molecule has 1 aromatic rings. The monoisotopic (exact) mass is 233 g/mol. The van der Waals surface area contributed by atoms with Gasteiger partial charge in [0.1, 0.15) is 5.78 Å². The van der Waals surface area contributed by atoms with Crippen molar-refractivity contribution in [2.75, 3.05) is 24.8 Å². The Labute approximate surface area is 100 Å². The summed E-state index contributed by atoms with van der Waals surface area (Å²) in [6.07, 6.45) is 0.948. The number of carbonyl (C=O) groups excluding carboxylic acids is 1. The van der Waals surface area contributed by atoms with Gasteiger partial charge in [-0.15, -0.1) is 0 Å². The van der Waals surface area contributed by atoms with E-state index >= 15 is 0 Å². The Bertz CT molecular complexity index is 458. The third-order valence-electron chi connectivity index (χ3n) is 3.48. The van der Waals surface area contributed by atoms with Crippen LogP contribution in [-0.4, -0.2) is 25.7 Å². The van der Waals surface area contributed by atoms with E-state index in [2.05, 4.69) is 4.90 Å². The number of hydrogen-bond donors (Lipinski definition) is 0. The number of ether oxygens (including phenoxy) is 2. The summed E-state index contributed by atoms with van der Waals surface area (Å²) < 4.78 is 10.6. The molecule has 2 aliphatic rings. The molecule has 90 valence electrons. The SMILES string of the molecule is CC(=O)C1CCN(c2ccc3c(c2)OCO3)C1. The third kappa shape index (κ3) is 1.84. The Morgan fingerprint density at radius 1 is 1.35 bits per heavy atom. The molecule has 17 heavy (non-hydrogen) atoms. The van der Waals surface area contributed by atoms with Gasteiger partial charge >= 0.3 is 0 Å². The van der Waals surface area contributed by atoms with Gasteiger partial charge in [0.15, 0.2) is 11.5 Å². The highest BCUT2D eigenvalue weighted by Gasteiger charge is 2.26. The highest BCUT2D eigenvalue weighted by Crippen LogP contribution is 2.36. The van der Waals surface area contributed by atoms with Gasteiger partial charge in [0, 0.05) is 30.8 Å². The van der Waals surface area contributed by atoms with Crippen LogP contribution in [0.2, 0.25) is 0 Å². The van der Waals surface area contributed by atoms with Gasteiger partial charge in [-0.1, -0.05) is 0 Å². The lowest BCUT2D eigenvalue weighted by Gasteiger charge is -2.18. The molecule has 1 aromatic carbocycles. The number of benzene rings is 1.